The van der Waals surface area contributed by atoms with E-state index in [9.17, 15) is 18.0 Å². The molecule has 8 heteroatoms. The van der Waals surface area contributed by atoms with Crippen molar-refractivity contribution in [3.63, 3.8) is 0 Å². The molecule has 0 unspecified atom stereocenters. The van der Waals surface area contributed by atoms with Crippen LogP contribution in [0.1, 0.15) is 24.0 Å². The SMILES string of the molecule is O=C([C@@H]1Cc2cc(C(F)(F)F)ccc2N2CCN(c3ccccn3)C[C@@H]12)N1CCCC1. The fourth-order valence-corrected chi connectivity index (χ4v) is 5.20. The predicted octanol–water partition coefficient (Wildman–Crippen LogP) is 3.59. The fourth-order valence-electron chi connectivity index (χ4n) is 5.20. The molecule has 31 heavy (non-hydrogen) atoms. The molecule has 0 saturated carbocycles. The molecule has 3 aliphatic heterocycles. The maximum absolute atomic E-state index is 13.4. The summed E-state index contributed by atoms with van der Waals surface area (Å²) in [6, 6.07) is 9.65. The third-order valence-electron chi connectivity index (χ3n) is 6.75. The standard InChI is InChI=1S/C23H25F3N4O/c24-23(25,26)17-6-7-19-16(13-17)14-18(22(31)28-9-3-4-10-28)20-15-29(11-12-30(19)20)21-5-1-2-8-27-21/h1-2,5-8,13,18,20H,3-4,9-12,14-15H2/t18-,20+/m1/s1. The number of alkyl halides is 3. The van der Waals surface area contributed by atoms with Crippen molar-refractivity contribution >= 4 is 17.4 Å². The van der Waals surface area contributed by atoms with E-state index in [1.54, 1.807) is 12.3 Å². The molecule has 2 fully saturated rings. The lowest BCUT2D eigenvalue weighted by molar-refractivity contribution is -0.137. The number of halogens is 3. The van der Waals surface area contributed by atoms with Gasteiger partial charge in [0, 0.05) is 44.6 Å². The maximum atomic E-state index is 13.4. The van der Waals surface area contributed by atoms with Crippen LogP contribution in [0.25, 0.3) is 0 Å². The van der Waals surface area contributed by atoms with Gasteiger partial charge in [-0.3, -0.25) is 4.79 Å². The summed E-state index contributed by atoms with van der Waals surface area (Å²) in [5.74, 6) is 0.576. The third-order valence-corrected chi connectivity index (χ3v) is 6.75. The van der Waals surface area contributed by atoms with Gasteiger partial charge in [0.2, 0.25) is 5.91 Å². The van der Waals surface area contributed by atoms with E-state index in [1.165, 1.54) is 6.07 Å². The second kappa shape index (κ2) is 7.73. The number of hydrogen-bond acceptors (Lipinski definition) is 4. The number of rotatable bonds is 2. The molecule has 5 nitrogen and oxygen atoms in total. The maximum Gasteiger partial charge on any atom is 0.416 e. The van der Waals surface area contributed by atoms with Gasteiger partial charge >= 0.3 is 6.18 Å². The van der Waals surface area contributed by atoms with Crippen molar-refractivity contribution in [1.82, 2.24) is 9.88 Å². The average molecular weight is 430 g/mol. The Balaban J connectivity index is 1.50. The molecule has 2 aromatic rings. The largest absolute Gasteiger partial charge is 0.416 e. The molecule has 2 atom stereocenters. The van der Waals surface area contributed by atoms with Crippen LogP contribution in [0, 0.1) is 5.92 Å². The Morgan fingerprint density at radius 3 is 2.55 bits per heavy atom. The van der Waals surface area contributed by atoms with Crippen molar-refractivity contribution < 1.29 is 18.0 Å². The van der Waals surface area contributed by atoms with Crippen LogP contribution >= 0.6 is 0 Å². The van der Waals surface area contributed by atoms with Crippen LogP contribution in [0.5, 0.6) is 0 Å². The van der Waals surface area contributed by atoms with E-state index < -0.39 is 11.7 Å². The second-order valence-corrected chi connectivity index (χ2v) is 8.58. The number of piperazine rings is 1. The first kappa shape index (κ1) is 20.2. The lowest BCUT2D eigenvalue weighted by Crippen LogP contribution is -2.61. The van der Waals surface area contributed by atoms with Crippen LogP contribution in [0.15, 0.2) is 42.6 Å². The molecule has 0 aliphatic carbocycles. The number of anilines is 2. The number of fused-ring (bicyclic) bond motifs is 3. The molecule has 5 rings (SSSR count). The minimum Gasteiger partial charge on any atom is -0.364 e. The van der Waals surface area contributed by atoms with Crippen molar-refractivity contribution in [2.75, 3.05) is 42.5 Å². The number of aromatic nitrogens is 1. The smallest absolute Gasteiger partial charge is 0.364 e. The van der Waals surface area contributed by atoms with Crippen LogP contribution in [-0.2, 0) is 17.4 Å². The summed E-state index contributed by atoms with van der Waals surface area (Å²) in [4.78, 5) is 24.1. The summed E-state index contributed by atoms with van der Waals surface area (Å²) in [6.45, 7) is 3.45. The molecule has 0 radical (unpaired) electrons. The van der Waals surface area contributed by atoms with E-state index >= 15 is 0 Å². The highest BCUT2D eigenvalue weighted by Gasteiger charge is 2.44. The van der Waals surface area contributed by atoms with Crippen molar-refractivity contribution in [3.05, 3.63) is 53.7 Å². The first-order valence-electron chi connectivity index (χ1n) is 10.8. The van der Waals surface area contributed by atoms with Gasteiger partial charge in [-0.2, -0.15) is 13.2 Å². The van der Waals surface area contributed by atoms with Crippen molar-refractivity contribution in [2.45, 2.75) is 31.5 Å². The van der Waals surface area contributed by atoms with Crippen molar-refractivity contribution in [3.8, 4) is 0 Å². The van der Waals surface area contributed by atoms with E-state index in [4.69, 9.17) is 0 Å². The van der Waals surface area contributed by atoms with Gasteiger partial charge < -0.3 is 14.7 Å². The number of benzene rings is 1. The number of hydrogen-bond donors (Lipinski definition) is 0. The molecular formula is C23H25F3N4O. The number of likely N-dealkylation sites (tertiary alicyclic amines) is 1. The second-order valence-electron chi connectivity index (χ2n) is 8.58. The zero-order valence-corrected chi connectivity index (χ0v) is 17.2. The lowest BCUT2D eigenvalue weighted by atomic mass is 9.82. The van der Waals surface area contributed by atoms with Crippen LogP contribution in [0.3, 0.4) is 0 Å². The van der Waals surface area contributed by atoms with Gasteiger partial charge in [0.25, 0.3) is 0 Å². The summed E-state index contributed by atoms with van der Waals surface area (Å²) in [6.07, 6.45) is -0.323. The van der Waals surface area contributed by atoms with Crippen LogP contribution in [0.4, 0.5) is 24.7 Å². The van der Waals surface area contributed by atoms with Gasteiger partial charge in [-0.15, -0.1) is 0 Å². The van der Waals surface area contributed by atoms with E-state index in [0.717, 1.165) is 43.5 Å². The predicted molar refractivity (Wildman–Crippen MR) is 112 cm³/mol. The number of carbonyl (C=O) groups excluding carboxylic acids is 1. The molecule has 164 valence electrons. The molecule has 0 N–H and O–H groups in total. The average Bonchev–Trinajstić information content (AvgIpc) is 3.32. The highest BCUT2D eigenvalue weighted by atomic mass is 19.4. The summed E-state index contributed by atoms with van der Waals surface area (Å²) in [5.41, 5.74) is 0.795. The van der Waals surface area contributed by atoms with Crippen LogP contribution in [0.2, 0.25) is 0 Å². The summed E-state index contributed by atoms with van der Waals surface area (Å²) in [5, 5.41) is 0. The van der Waals surface area contributed by atoms with Gasteiger partial charge in [-0.1, -0.05) is 6.07 Å². The minimum atomic E-state index is -4.39. The van der Waals surface area contributed by atoms with E-state index in [-0.39, 0.29) is 17.9 Å². The first-order valence-corrected chi connectivity index (χ1v) is 10.8. The molecular weight excluding hydrogens is 405 g/mol. The Morgan fingerprint density at radius 1 is 1.03 bits per heavy atom. The normalized spacial score (nSPS) is 23.5. The van der Waals surface area contributed by atoms with E-state index in [0.29, 0.717) is 31.6 Å². The summed E-state index contributed by atoms with van der Waals surface area (Å²) >= 11 is 0. The Labute approximate surface area is 179 Å². The van der Waals surface area contributed by atoms with Gasteiger partial charge in [-0.05, 0) is 55.2 Å². The van der Waals surface area contributed by atoms with Crippen LogP contribution in [-0.4, -0.2) is 54.6 Å². The third kappa shape index (κ3) is 3.72. The van der Waals surface area contributed by atoms with Gasteiger partial charge in [0.05, 0.1) is 17.5 Å². The quantitative estimate of drug-likeness (QED) is 0.730. The summed E-state index contributed by atoms with van der Waals surface area (Å²) < 4.78 is 40.0. The zero-order valence-electron chi connectivity index (χ0n) is 17.2. The molecule has 0 bridgehead atoms. The molecule has 1 aromatic heterocycles. The van der Waals surface area contributed by atoms with Crippen molar-refractivity contribution in [1.29, 1.82) is 0 Å². The number of amides is 1. The van der Waals surface area contributed by atoms with Gasteiger partial charge in [0.1, 0.15) is 5.82 Å². The topological polar surface area (TPSA) is 39.7 Å². The highest BCUT2D eigenvalue weighted by Crippen LogP contribution is 2.40. The van der Waals surface area contributed by atoms with E-state index in [2.05, 4.69) is 14.8 Å². The highest BCUT2D eigenvalue weighted by molar-refractivity contribution is 5.82. The molecule has 2 saturated heterocycles. The minimum absolute atomic E-state index is 0.0680. The van der Waals surface area contributed by atoms with Crippen LogP contribution < -0.4 is 9.80 Å². The van der Waals surface area contributed by atoms with Gasteiger partial charge in [0.15, 0.2) is 0 Å². The fraction of sp³-hybridized carbons (Fsp3) is 0.478. The molecule has 3 aliphatic rings. The molecule has 1 aromatic carbocycles. The molecule has 0 spiro atoms. The number of nitrogens with zero attached hydrogens (tertiary/aromatic N) is 4. The Bertz CT molecular complexity index is 959. The Kier molecular flexibility index (Phi) is 5.02. The number of carbonyl (C=O) groups is 1. The summed E-state index contributed by atoms with van der Waals surface area (Å²) in [7, 11) is 0. The zero-order chi connectivity index (χ0) is 21.6. The monoisotopic (exact) mass is 430 g/mol. The number of pyridine rings is 1. The lowest BCUT2D eigenvalue weighted by Gasteiger charge is -2.50. The molecule has 4 heterocycles. The Morgan fingerprint density at radius 2 is 1.84 bits per heavy atom. The van der Waals surface area contributed by atoms with Crippen molar-refractivity contribution in [2.24, 2.45) is 5.92 Å². The molecule has 1 amide bonds. The Hall–Kier alpha value is -2.77. The van der Waals surface area contributed by atoms with E-state index in [1.807, 2.05) is 23.1 Å². The first-order chi connectivity index (χ1) is 14.9. The van der Waals surface area contributed by atoms with Gasteiger partial charge in [-0.25, -0.2) is 4.98 Å².